The lowest BCUT2D eigenvalue weighted by atomic mass is 9.63. The van der Waals surface area contributed by atoms with E-state index in [2.05, 4.69) is 18.3 Å². The van der Waals surface area contributed by atoms with Crippen molar-refractivity contribution in [3.8, 4) is 6.07 Å². The fourth-order valence-corrected chi connectivity index (χ4v) is 3.08. The quantitative estimate of drug-likeness (QED) is 0.793. The van der Waals surface area contributed by atoms with Crippen LogP contribution in [0.2, 0.25) is 0 Å². The lowest BCUT2D eigenvalue weighted by molar-refractivity contribution is -0.134. The first-order valence-electron chi connectivity index (χ1n) is 6.36. The summed E-state index contributed by atoms with van der Waals surface area (Å²) < 4.78 is 0. The van der Waals surface area contributed by atoms with Crippen molar-refractivity contribution in [3.05, 3.63) is 0 Å². The Balaban J connectivity index is 1.81. The molecule has 2 aliphatic carbocycles. The summed E-state index contributed by atoms with van der Waals surface area (Å²) in [6.07, 6.45) is 6.52. The van der Waals surface area contributed by atoms with E-state index in [1.165, 1.54) is 25.7 Å². The van der Waals surface area contributed by atoms with Crippen molar-refractivity contribution in [1.29, 1.82) is 5.26 Å². The highest BCUT2D eigenvalue weighted by atomic mass is 16.2. The second-order valence-electron chi connectivity index (χ2n) is 5.57. The van der Waals surface area contributed by atoms with Gasteiger partial charge in [0.05, 0.1) is 6.07 Å². The molecule has 0 atom stereocenters. The summed E-state index contributed by atoms with van der Waals surface area (Å²) in [6, 6.07) is 2.21. The van der Waals surface area contributed by atoms with Crippen molar-refractivity contribution < 1.29 is 4.79 Å². The lowest BCUT2D eigenvalue weighted by Gasteiger charge is -2.39. The Morgan fingerprint density at radius 1 is 1.44 bits per heavy atom. The number of carbonyl (C=O) groups excluding carboxylic acids is 1. The average molecular weight is 220 g/mol. The summed E-state index contributed by atoms with van der Waals surface area (Å²) in [5, 5.41) is 12.1. The summed E-state index contributed by atoms with van der Waals surface area (Å²) in [5.41, 5.74) is -0.696. The molecule has 0 unspecified atom stereocenters. The van der Waals surface area contributed by atoms with Crippen molar-refractivity contribution in [3.63, 3.8) is 0 Å². The normalized spacial score (nSPS) is 34.1. The Kier molecular flexibility index (Phi) is 3.18. The lowest BCUT2D eigenvalue weighted by Crippen LogP contribution is -2.49. The number of hydrogen-bond donors (Lipinski definition) is 1. The van der Waals surface area contributed by atoms with Gasteiger partial charge in [-0.25, -0.2) is 0 Å². The molecule has 0 radical (unpaired) electrons. The fraction of sp³-hybridized carbons (Fsp3) is 0.846. The van der Waals surface area contributed by atoms with E-state index in [4.69, 9.17) is 5.26 Å². The summed E-state index contributed by atoms with van der Waals surface area (Å²) >= 11 is 0. The molecule has 1 amide bonds. The number of nitriles is 1. The Morgan fingerprint density at radius 3 is 2.56 bits per heavy atom. The van der Waals surface area contributed by atoms with Crippen LogP contribution in [0.1, 0.15) is 45.4 Å². The Hall–Kier alpha value is -1.04. The van der Waals surface area contributed by atoms with Gasteiger partial charge in [0.1, 0.15) is 5.41 Å². The highest BCUT2D eigenvalue weighted by Crippen LogP contribution is 2.45. The van der Waals surface area contributed by atoms with Crippen LogP contribution in [0.15, 0.2) is 0 Å². The van der Waals surface area contributed by atoms with Gasteiger partial charge in [0, 0.05) is 6.54 Å². The van der Waals surface area contributed by atoms with Crippen LogP contribution >= 0.6 is 0 Å². The first-order valence-corrected chi connectivity index (χ1v) is 6.36. The third kappa shape index (κ3) is 2.07. The zero-order valence-electron chi connectivity index (χ0n) is 9.96. The Bertz CT molecular complexity index is 306. The molecule has 0 spiro atoms. The summed E-state index contributed by atoms with van der Waals surface area (Å²) in [5.74, 6) is 1.15. The van der Waals surface area contributed by atoms with E-state index in [9.17, 15) is 4.79 Å². The third-order valence-electron chi connectivity index (χ3n) is 4.07. The maximum Gasteiger partial charge on any atom is 0.240 e. The molecule has 88 valence electrons. The molecule has 0 aromatic carbocycles. The van der Waals surface area contributed by atoms with Crippen molar-refractivity contribution in [2.45, 2.75) is 45.4 Å². The fourth-order valence-electron chi connectivity index (χ4n) is 3.08. The first kappa shape index (κ1) is 11.4. The zero-order valence-corrected chi connectivity index (χ0v) is 9.96. The summed E-state index contributed by atoms with van der Waals surface area (Å²) in [4.78, 5) is 11.9. The predicted octanol–water partition coefficient (Wildman–Crippen LogP) is 2.23. The van der Waals surface area contributed by atoms with Gasteiger partial charge in [-0.2, -0.15) is 5.26 Å². The molecule has 2 saturated carbocycles. The van der Waals surface area contributed by atoms with Crippen LogP contribution in [0.4, 0.5) is 0 Å². The van der Waals surface area contributed by atoms with Gasteiger partial charge in [-0.15, -0.1) is 0 Å². The van der Waals surface area contributed by atoms with Crippen LogP contribution < -0.4 is 5.32 Å². The van der Waals surface area contributed by atoms with E-state index in [0.29, 0.717) is 11.8 Å². The molecule has 0 saturated heterocycles. The first-order chi connectivity index (χ1) is 7.66. The molecule has 3 heteroatoms. The van der Waals surface area contributed by atoms with E-state index in [0.717, 1.165) is 19.4 Å². The molecule has 0 heterocycles. The number of nitrogens with one attached hydrogen (secondary N) is 1. The number of hydrogen-bond acceptors (Lipinski definition) is 2. The summed E-state index contributed by atoms with van der Waals surface area (Å²) in [7, 11) is 0. The SMILES string of the molecule is CC1CC(C#N)(C(=O)NCC2CCCC2)C1. The van der Waals surface area contributed by atoms with Crippen molar-refractivity contribution in [2.24, 2.45) is 17.3 Å². The van der Waals surface area contributed by atoms with Gasteiger partial charge in [0.15, 0.2) is 0 Å². The van der Waals surface area contributed by atoms with Gasteiger partial charge in [-0.3, -0.25) is 4.79 Å². The number of amides is 1. The van der Waals surface area contributed by atoms with E-state index in [-0.39, 0.29) is 5.91 Å². The van der Waals surface area contributed by atoms with E-state index < -0.39 is 5.41 Å². The van der Waals surface area contributed by atoms with E-state index >= 15 is 0 Å². The highest BCUT2D eigenvalue weighted by molar-refractivity contribution is 5.86. The molecular weight excluding hydrogens is 200 g/mol. The molecule has 2 rings (SSSR count). The maximum atomic E-state index is 11.9. The predicted molar refractivity (Wildman–Crippen MR) is 61.4 cm³/mol. The van der Waals surface area contributed by atoms with Crippen LogP contribution in [0.3, 0.4) is 0 Å². The summed E-state index contributed by atoms with van der Waals surface area (Å²) in [6.45, 7) is 2.87. The van der Waals surface area contributed by atoms with Crippen LogP contribution in [-0.2, 0) is 4.79 Å². The zero-order chi connectivity index (χ0) is 11.6. The maximum absolute atomic E-state index is 11.9. The topological polar surface area (TPSA) is 52.9 Å². The van der Waals surface area contributed by atoms with E-state index in [1.807, 2.05) is 0 Å². The monoisotopic (exact) mass is 220 g/mol. The van der Waals surface area contributed by atoms with Crippen LogP contribution in [-0.4, -0.2) is 12.5 Å². The van der Waals surface area contributed by atoms with E-state index in [1.54, 1.807) is 0 Å². The van der Waals surface area contributed by atoms with Crippen molar-refractivity contribution >= 4 is 5.91 Å². The minimum absolute atomic E-state index is 0.0278. The number of carbonyl (C=O) groups is 1. The van der Waals surface area contributed by atoms with Crippen LogP contribution in [0, 0.1) is 28.6 Å². The Labute approximate surface area is 97.2 Å². The molecule has 0 aliphatic heterocycles. The third-order valence-corrected chi connectivity index (χ3v) is 4.07. The average Bonchev–Trinajstić information content (AvgIpc) is 2.73. The molecule has 0 aromatic heterocycles. The minimum atomic E-state index is -0.696. The minimum Gasteiger partial charge on any atom is -0.354 e. The molecule has 2 fully saturated rings. The van der Waals surface area contributed by atoms with Crippen molar-refractivity contribution in [2.75, 3.05) is 6.54 Å². The van der Waals surface area contributed by atoms with Crippen LogP contribution in [0.25, 0.3) is 0 Å². The molecule has 3 nitrogen and oxygen atoms in total. The van der Waals surface area contributed by atoms with Crippen molar-refractivity contribution in [1.82, 2.24) is 5.32 Å². The standard InChI is InChI=1S/C13H20N2O/c1-10-6-13(7-10,9-14)12(16)15-8-11-4-2-3-5-11/h10-11H,2-8H2,1H3,(H,15,16). The Morgan fingerprint density at radius 2 is 2.06 bits per heavy atom. The number of rotatable bonds is 3. The van der Waals surface area contributed by atoms with Gasteiger partial charge in [-0.05, 0) is 37.5 Å². The molecular formula is C13H20N2O. The molecule has 0 bridgehead atoms. The molecule has 2 aliphatic rings. The van der Waals surface area contributed by atoms with Crippen LogP contribution in [0.5, 0.6) is 0 Å². The van der Waals surface area contributed by atoms with Gasteiger partial charge in [0.25, 0.3) is 0 Å². The van der Waals surface area contributed by atoms with Gasteiger partial charge < -0.3 is 5.32 Å². The van der Waals surface area contributed by atoms with Gasteiger partial charge in [-0.1, -0.05) is 19.8 Å². The second-order valence-corrected chi connectivity index (χ2v) is 5.57. The largest absolute Gasteiger partial charge is 0.354 e. The smallest absolute Gasteiger partial charge is 0.240 e. The highest BCUT2D eigenvalue weighted by Gasteiger charge is 2.48. The molecule has 0 aromatic rings. The van der Waals surface area contributed by atoms with Gasteiger partial charge >= 0.3 is 0 Å². The number of nitrogens with zero attached hydrogens (tertiary/aromatic N) is 1. The molecule has 16 heavy (non-hydrogen) atoms. The molecule has 1 N–H and O–H groups in total. The second kappa shape index (κ2) is 4.45. The van der Waals surface area contributed by atoms with Gasteiger partial charge in [0.2, 0.25) is 5.91 Å².